The summed E-state index contributed by atoms with van der Waals surface area (Å²) in [5.41, 5.74) is 4.19. The van der Waals surface area contributed by atoms with Gasteiger partial charge in [0, 0.05) is 29.8 Å². The second kappa shape index (κ2) is 15.1. The van der Waals surface area contributed by atoms with E-state index < -0.39 is 12.2 Å². The van der Waals surface area contributed by atoms with Crippen molar-refractivity contribution in [1.82, 2.24) is 4.90 Å². The van der Waals surface area contributed by atoms with Crippen LogP contribution < -0.4 is 9.47 Å². The maximum absolute atomic E-state index is 11.2. The predicted molar refractivity (Wildman–Crippen MR) is 168 cm³/mol. The Morgan fingerprint density at radius 1 is 0.605 bits per heavy atom. The lowest BCUT2D eigenvalue weighted by Gasteiger charge is -2.38. The van der Waals surface area contributed by atoms with Crippen molar-refractivity contribution >= 4 is 0 Å². The Kier molecular flexibility index (Phi) is 11.3. The number of aliphatic hydroxyl groups excluding tert-OH is 4. The molecule has 7 nitrogen and oxygen atoms in total. The molecule has 0 saturated carbocycles. The molecule has 0 spiro atoms. The molecule has 0 aliphatic rings. The van der Waals surface area contributed by atoms with Crippen molar-refractivity contribution in [3.63, 3.8) is 0 Å². The number of ether oxygens (including phenoxy) is 2. The predicted octanol–water partition coefficient (Wildman–Crippen LogP) is 5.70. The molecular formula is C36H43NO6. The number of nitrogens with zero attached hydrogens (tertiary/aromatic N) is 1. The molecule has 0 aliphatic heterocycles. The zero-order valence-corrected chi connectivity index (χ0v) is 25.2. The maximum Gasteiger partial charge on any atom is 0.125 e. The third-order valence-corrected chi connectivity index (χ3v) is 7.49. The number of hydrogen-bond donors (Lipinski definition) is 4. The number of rotatable bonds is 14. The summed E-state index contributed by atoms with van der Waals surface area (Å²) in [5.74, 6) is 1.14. The quantitative estimate of drug-likeness (QED) is 0.151. The van der Waals surface area contributed by atoms with Crippen LogP contribution in [0, 0.1) is 0 Å². The molecule has 0 bridgehead atoms. The second-order valence-corrected chi connectivity index (χ2v) is 11.7. The van der Waals surface area contributed by atoms with Gasteiger partial charge in [-0.05, 0) is 67.3 Å². The molecule has 4 rings (SSSR count). The Hall–Kier alpha value is -3.72. The minimum Gasteiger partial charge on any atom is -0.489 e. The van der Waals surface area contributed by atoms with Gasteiger partial charge in [0.1, 0.15) is 24.7 Å². The monoisotopic (exact) mass is 585 g/mol. The molecule has 43 heavy (non-hydrogen) atoms. The average Bonchev–Trinajstić information content (AvgIpc) is 3.02. The first-order valence-corrected chi connectivity index (χ1v) is 14.6. The molecule has 0 fully saturated rings. The van der Waals surface area contributed by atoms with Crippen LogP contribution in [0.15, 0.2) is 97.1 Å². The minimum atomic E-state index is -0.860. The maximum atomic E-state index is 11.2. The second-order valence-electron chi connectivity index (χ2n) is 11.7. The van der Waals surface area contributed by atoms with Crippen LogP contribution in [0.1, 0.15) is 66.4 Å². The third kappa shape index (κ3) is 9.13. The Balaban J connectivity index is 1.42. The first-order valence-electron chi connectivity index (χ1n) is 14.6. The Labute approximate surface area is 254 Å². The van der Waals surface area contributed by atoms with Crippen LogP contribution in [-0.4, -0.2) is 44.0 Å². The SMILES string of the molecule is CC(C)(C)N(CC(O)c1ccc(OCc2ccccc2)c(CO)c1)CC(O)c1ccc(OCc2ccccc2)c(CO)c1. The van der Waals surface area contributed by atoms with Gasteiger partial charge in [-0.25, -0.2) is 0 Å². The van der Waals surface area contributed by atoms with Crippen molar-refractivity contribution in [3.8, 4) is 11.5 Å². The fourth-order valence-electron chi connectivity index (χ4n) is 4.86. The normalized spacial score (nSPS) is 13.1. The first-order chi connectivity index (χ1) is 20.7. The summed E-state index contributed by atoms with van der Waals surface area (Å²) in [6.07, 6.45) is -1.72. The highest BCUT2D eigenvalue weighted by atomic mass is 16.5. The van der Waals surface area contributed by atoms with Crippen LogP contribution in [0.25, 0.3) is 0 Å². The smallest absolute Gasteiger partial charge is 0.125 e. The average molecular weight is 586 g/mol. The van der Waals surface area contributed by atoms with Gasteiger partial charge in [-0.3, -0.25) is 4.90 Å². The summed E-state index contributed by atoms with van der Waals surface area (Å²) >= 11 is 0. The molecule has 0 radical (unpaired) electrons. The van der Waals surface area contributed by atoms with Crippen molar-refractivity contribution in [3.05, 3.63) is 130 Å². The molecular weight excluding hydrogens is 542 g/mol. The van der Waals surface area contributed by atoms with Crippen molar-refractivity contribution < 1.29 is 29.9 Å². The topological polar surface area (TPSA) is 103 Å². The van der Waals surface area contributed by atoms with E-state index in [4.69, 9.17) is 9.47 Å². The highest BCUT2D eigenvalue weighted by molar-refractivity contribution is 5.39. The van der Waals surface area contributed by atoms with Crippen molar-refractivity contribution in [2.75, 3.05) is 13.1 Å². The van der Waals surface area contributed by atoms with Crippen LogP contribution in [0.3, 0.4) is 0 Å². The highest BCUT2D eigenvalue weighted by Gasteiger charge is 2.27. The minimum absolute atomic E-state index is 0.218. The number of β-amino-alcohol motifs (C(OH)–C–C–N with tert-alkyl or cyclic N) is 2. The van der Waals surface area contributed by atoms with Crippen LogP contribution in [0.4, 0.5) is 0 Å². The molecule has 0 aromatic heterocycles. The van der Waals surface area contributed by atoms with E-state index in [1.165, 1.54) is 0 Å². The zero-order valence-electron chi connectivity index (χ0n) is 25.2. The van der Waals surface area contributed by atoms with E-state index in [-0.39, 0.29) is 31.8 Å². The largest absolute Gasteiger partial charge is 0.489 e. The molecule has 4 aromatic rings. The van der Waals surface area contributed by atoms with Gasteiger partial charge in [-0.15, -0.1) is 0 Å². The van der Waals surface area contributed by atoms with Gasteiger partial charge in [-0.2, -0.15) is 0 Å². The zero-order chi connectivity index (χ0) is 30.8. The van der Waals surface area contributed by atoms with Crippen LogP contribution in [-0.2, 0) is 26.4 Å². The Morgan fingerprint density at radius 3 is 1.35 bits per heavy atom. The summed E-state index contributed by atoms with van der Waals surface area (Å²) in [6.45, 7) is 6.95. The lowest BCUT2D eigenvalue weighted by Crippen LogP contribution is -2.45. The van der Waals surface area contributed by atoms with Gasteiger partial charge < -0.3 is 29.9 Å². The van der Waals surface area contributed by atoms with Crippen molar-refractivity contribution in [2.24, 2.45) is 0 Å². The highest BCUT2D eigenvalue weighted by Crippen LogP contribution is 2.30. The first kappa shape index (κ1) is 32.2. The van der Waals surface area contributed by atoms with Crippen LogP contribution in [0.5, 0.6) is 11.5 Å². The molecule has 2 unspecified atom stereocenters. The van der Waals surface area contributed by atoms with Gasteiger partial charge >= 0.3 is 0 Å². The molecule has 0 heterocycles. The molecule has 0 amide bonds. The molecule has 0 aliphatic carbocycles. The van der Waals surface area contributed by atoms with Gasteiger partial charge in [0.15, 0.2) is 0 Å². The van der Waals surface area contributed by atoms with Crippen LogP contribution >= 0.6 is 0 Å². The number of aliphatic hydroxyl groups is 4. The van der Waals surface area contributed by atoms with Gasteiger partial charge in [0.05, 0.1) is 25.4 Å². The third-order valence-electron chi connectivity index (χ3n) is 7.49. The summed E-state index contributed by atoms with van der Waals surface area (Å²) in [4.78, 5) is 2.03. The van der Waals surface area contributed by atoms with E-state index in [9.17, 15) is 20.4 Å². The molecule has 0 saturated heterocycles. The fraction of sp³-hybridized carbons (Fsp3) is 0.333. The summed E-state index contributed by atoms with van der Waals surface area (Å²) in [5, 5.41) is 42.5. The van der Waals surface area contributed by atoms with E-state index in [0.29, 0.717) is 47.0 Å². The van der Waals surface area contributed by atoms with Gasteiger partial charge in [0.25, 0.3) is 0 Å². The molecule has 4 aromatic carbocycles. The number of benzene rings is 4. The van der Waals surface area contributed by atoms with Gasteiger partial charge in [0.2, 0.25) is 0 Å². The van der Waals surface area contributed by atoms with E-state index in [1.54, 1.807) is 24.3 Å². The Bertz CT molecular complexity index is 1320. The van der Waals surface area contributed by atoms with Gasteiger partial charge in [-0.1, -0.05) is 72.8 Å². The van der Waals surface area contributed by atoms with E-state index >= 15 is 0 Å². The lowest BCUT2D eigenvalue weighted by molar-refractivity contribution is 0.0194. The summed E-state index contributed by atoms with van der Waals surface area (Å²) in [7, 11) is 0. The Morgan fingerprint density at radius 2 is 1.00 bits per heavy atom. The number of hydrogen-bond acceptors (Lipinski definition) is 7. The van der Waals surface area contributed by atoms with Crippen LogP contribution in [0.2, 0.25) is 0 Å². The lowest BCUT2D eigenvalue weighted by atomic mass is 9.99. The van der Waals surface area contributed by atoms with Crippen molar-refractivity contribution in [1.29, 1.82) is 0 Å². The molecule has 7 heteroatoms. The van der Waals surface area contributed by atoms with E-state index in [1.807, 2.05) is 98.5 Å². The molecule has 2 atom stereocenters. The summed E-state index contributed by atoms with van der Waals surface area (Å²) in [6, 6.07) is 30.3. The van der Waals surface area contributed by atoms with E-state index in [2.05, 4.69) is 0 Å². The fourth-order valence-corrected chi connectivity index (χ4v) is 4.86. The molecule has 228 valence electrons. The van der Waals surface area contributed by atoms with Crippen molar-refractivity contribution in [2.45, 2.75) is 64.9 Å². The summed E-state index contributed by atoms with van der Waals surface area (Å²) < 4.78 is 11.9. The molecule has 4 N–H and O–H groups in total. The standard InChI is InChI=1S/C36H43NO6/c1-36(2,3)37(20-32(40)28-14-16-34(30(18-28)22-38)42-24-26-10-6-4-7-11-26)21-33(41)29-15-17-35(31(19-29)23-39)43-25-27-12-8-5-9-13-27/h4-19,32-33,38-41H,20-25H2,1-3H3. The van der Waals surface area contributed by atoms with E-state index in [0.717, 1.165) is 11.1 Å².